The first-order valence-corrected chi connectivity index (χ1v) is 8.08. The van der Waals surface area contributed by atoms with Gasteiger partial charge in [-0.3, -0.25) is 0 Å². The molecule has 1 aliphatic rings. The number of aryl methyl sites for hydroxylation is 1. The molecule has 0 bridgehead atoms. The van der Waals surface area contributed by atoms with Gasteiger partial charge in [-0.2, -0.15) is 0 Å². The van der Waals surface area contributed by atoms with Crippen LogP contribution >= 0.6 is 0 Å². The van der Waals surface area contributed by atoms with Crippen molar-refractivity contribution >= 4 is 0 Å². The molecule has 19 heavy (non-hydrogen) atoms. The van der Waals surface area contributed by atoms with Gasteiger partial charge in [-0.15, -0.1) is 0 Å². The lowest BCUT2D eigenvalue weighted by Crippen LogP contribution is -2.37. The van der Waals surface area contributed by atoms with Crippen molar-refractivity contribution in [1.82, 2.24) is 5.32 Å². The van der Waals surface area contributed by atoms with E-state index in [9.17, 15) is 0 Å². The Kier molecular flexibility index (Phi) is 5.91. The zero-order chi connectivity index (χ0) is 13.5. The molecule has 1 nitrogen and oxygen atoms in total. The van der Waals surface area contributed by atoms with Crippen LogP contribution < -0.4 is 5.32 Å². The van der Waals surface area contributed by atoms with Crippen LogP contribution in [0.2, 0.25) is 0 Å². The number of benzene rings is 1. The highest BCUT2D eigenvalue weighted by molar-refractivity contribution is 5.22. The SMILES string of the molecule is CCCNC1CCCCCC1Cc1cccc(C)c1. The molecule has 0 heterocycles. The molecule has 0 radical (unpaired) electrons. The van der Waals surface area contributed by atoms with Gasteiger partial charge in [0.05, 0.1) is 0 Å². The highest BCUT2D eigenvalue weighted by atomic mass is 14.9. The monoisotopic (exact) mass is 259 g/mol. The Morgan fingerprint density at radius 3 is 2.79 bits per heavy atom. The van der Waals surface area contributed by atoms with Gasteiger partial charge in [-0.25, -0.2) is 0 Å². The summed E-state index contributed by atoms with van der Waals surface area (Å²) in [7, 11) is 0. The van der Waals surface area contributed by atoms with Crippen LogP contribution in [0.25, 0.3) is 0 Å². The van der Waals surface area contributed by atoms with Crippen LogP contribution in [-0.4, -0.2) is 12.6 Å². The van der Waals surface area contributed by atoms with Gasteiger partial charge in [0.15, 0.2) is 0 Å². The number of rotatable bonds is 5. The maximum atomic E-state index is 3.80. The van der Waals surface area contributed by atoms with Gasteiger partial charge < -0.3 is 5.32 Å². The van der Waals surface area contributed by atoms with E-state index >= 15 is 0 Å². The molecule has 0 aromatic heterocycles. The van der Waals surface area contributed by atoms with Gasteiger partial charge in [0, 0.05) is 6.04 Å². The zero-order valence-corrected chi connectivity index (χ0v) is 12.6. The molecule has 0 spiro atoms. The summed E-state index contributed by atoms with van der Waals surface area (Å²) in [6.07, 6.45) is 9.52. The number of hydrogen-bond acceptors (Lipinski definition) is 1. The molecule has 2 rings (SSSR count). The molecular weight excluding hydrogens is 230 g/mol. The second-order valence-corrected chi connectivity index (χ2v) is 6.15. The molecule has 0 saturated heterocycles. The van der Waals surface area contributed by atoms with Gasteiger partial charge in [0.1, 0.15) is 0 Å². The van der Waals surface area contributed by atoms with E-state index in [0.717, 1.165) is 12.0 Å². The van der Waals surface area contributed by atoms with Crippen LogP contribution in [0.5, 0.6) is 0 Å². The molecule has 0 amide bonds. The summed E-state index contributed by atoms with van der Waals surface area (Å²) < 4.78 is 0. The lowest BCUT2D eigenvalue weighted by Gasteiger charge is -2.26. The van der Waals surface area contributed by atoms with Crippen LogP contribution in [0.15, 0.2) is 24.3 Å². The van der Waals surface area contributed by atoms with E-state index in [0.29, 0.717) is 0 Å². The van der Waals surface area contributed by atoms with Crippen molar-refractivity contribution in [3.05, 3.63) is 35.4 Å². The molecule has 2 unspecified atom stereocenters. The molecule has 1 saturated carbocycles. The Morgan fingerprint density at radius 2 is 2.00 bits per heavy atom. The summed E-state index contributed by atoms with van der Waals surface area (Å²) in [5, 5.41) is 3.80. The van der Waals surface area contributed by atoms with Gasteiger partial charge >= 0.3 is 0 Å². The van der Waals surface area contributed by atoms with Crippen LogP contribution in [0.3, 0.4) is 0 Å². The fourth-order valence-corrected chi connectivity index (χ4v) is 3.37. The second-order valence-electron chi connectivity index (χ2n) is 6.15. The molecule has 1 aromatic carbocycles. The Bertz CT molecular complexity index is 372. The average molecular weight is 259 g/mol. The Hall–Kier alpha value is -0.820. The molecule has 1 aromatic rings. The maximum Gasteiger partial charge on any atom is 0.00984 e. The van der Waals surface area contributed by atoms with E-state index in [1.807, 2.05) is 0 Å². The third-order valence-corrected chi connectivity index (χ3v) is 4.40. The predicted octanol–water partition coefficient (Wildman–Crippen LogP) is 4.49. The summed E-state index contributed by atoms with van der Waals surface area (Å²) in [4.78, 5) is 0. The van der Waals surface area contributed by atoms with Crippen molar-refractivity contribution in [2.24, 2.45) is 5.92 Å². The molecule has 1 fully saturated rings. The molecule has 1 N–H and O–H groups in total. The fourth-order valence-electron chi connectivity index (χ4n) is 3.37. The number of nitrogens with one attached hydrogen (secondary N) is 1. The first-order valence-electron chi connectivity index (χ1n) is 8.08. The largest absolute Gasteiger partial charge is 0.314 e. The van der Waals surface area contributed by atoms with E-state index in [1.54, 1.807) is 0 Å². The minimum absolute atomic E-state index is 0.739. The zero-order valence-electron chi connectivity index (χ0n) is 12.6. The summed E-state index contributed by atoms with van der Waals surface area (Å²) >= 11 is 0. The van der Waals surface area contributed by atoms with Crippen molar-refractivity contribution < 1.29 is 0 Å². The summed E-state index contributed by atoms with van der Waals surface area (Å²) in [6.45, 7) is 5.64. The normalized spacial score (nSPS) is 24.1. The lowest BCUT2D eigenvalue weighted by atomic mass is 9.88. The Balaban J connectivity index is 2.00. The molecule has 0 aliphatic heterocycles. The van der Waals surface area contributed by atoms with Crippen molar-refractivity contribution in [2.45, 2.75) is 64.8 Å². The third-order valence-electron chi connectivity index (χ3n) is 4.40. The quantitative estimate of drug-likeness (QED) is 0.768. The highest BCUT2D eigenvalue weighted by Gasteiger charge is 2.23. The first-order chi connectivity index (χ1) is 9.29. The molecule has 1 aliphatic carbocycles. The van der Waals surface area contributed by atoms with E-state index in [4.69, 9.17) is 0 Å². The van der Waals surface area contributed by atoms with Crippen molar-refractivity contribution in [1.29, 1.82) is 0 Å². The van der Waals surface area contributed by atoms with Crippen LogP contribution in [0, 0.1) is 12.8 Å². The Morgan fingerprint density at radius 1 is 1.16 bits per heavy atom. The van der Waals surface area contributed by atoms with Crippen molar-refractivity contribution in [3.8, 4) is 0 Å². The van der Waals surface area contributed by atoms with Crippen molar-refractivity contribution in [2.75, 3.05) is 6.54 Å². The molecule has 2 atom stereocenters. The van der Waals surface area contributed by atoms with E-state index < -0.39 is 0 Å². The standard InChI is InChI=1S/C18H29N/c1-3-12-19-18-11-6-4-5-10-17(18)14-16-9-7-8-15(2)13-16/h7-9,13,17-19H,3-6,10-12,14H2,1-2H3. The van der Waals surface area contributed by atoms with Crippen LogP contribution in [0.1, 0.15) is 56.6 Å². The van der Waals surface area contributed by atoms with Crippen LogP contribution in [0.4, 0.5) is 0 Å². The van der Waals surface area contributed by atoms with Gasteiger partial charge in [0.25, 0.3) is 0 Å². The summed E-state index contributed by atoms with van der Waals surface area (Å²) in [5.74, 6) is 0.829. The summed E-state index contributed by atoms with van der Waals surface area (Å²) in [6, 6.07) is 9.80. The van der Waals surface area contributed by atoms with Crippen LogP contribution in [-0.2, 0) is 6.42 Å². The number of hydrogen-bond donors (Lipinski definition) is 1. The van der Waals surface area contributed by atoms with Gasteiger partial charge in [0.2, 0.25) is 0 Å². The smallest absolute Gasteiger partial charge is 0.00984 e. The van der Waals surface area contributed by atoms with E-state index in [2.05, 4.69) is 43.4 Å². The maximum absolute atomic E-state index is 3.80. The molecule has 106 valence electrons. The van der Waals surface area contributed by atoms with E-state index in [-0.39, 0.29) is 0 Å². The Labute approximate surface area is 118 Å². The fraction of sp³-hybridized carbons (Fsp3) is 0.667. The topological polar surface area (TPSA) is 12.0 Å². The van der Waals surface area contributed by atoms with Gasteiger partial charge in [-0.05, 0) is 50.6 Å². The lowest BCUT2D eigenvalue weighted by molar-refractivity contribution is 0.332. The predicted molar refractivity (Wildman–Crippen MR) is 83.5 cm³/mol. The third kappa shape index (κ3) is 4.65. The van der Waals surface area contributed by atoms with E-state index in [1.165, 1.54) is 62.6 Å². The molecule has 1 heteroatoms. The minimum Gasteiger partial charge on any atom is -0.314 e. The van der Waals surface area contributed by atoms with Crippen molar-refractivity contribution in [3.63, 3.8) is 0 Å². The average Bonchev–Trinajstić information content (AvgIpc) is 2.62. The molecular formula is C18H29N. The van der Waals surface area contributed by atoms with Gasteiger partial charge in [-0.1, -0.05) is 56.0 Å². The summed E-state index contributed by atoms with van der Waals surface area (Å²) in [5.41, 5.74) is 2.92. The minimum atomic E-state index is 0.739. The highest BCUT2D eigenvalue weighted by Crippen LogP contribution is 2.27. The second kappa shape index (κ2) is 7.69. The first kappa shape index (κ1) is 14.6.